The molecule has 1 aromatic carbocycles. The van der Waals surface area contributed by atoms with Crippen molar-refractivity contribution in [3.63, 3.8) is 0 Å². The molecule has 4 heteroatoms. The molecule has 0 saturated carbocycles. The lowest BCUT2D eigenvalue weighted by molar-refractivity contribution is -0.149. The van der Waals surface area contributed by atoms with Crippen LogP contribution in [0, 0.1) is 0 Å². The highest BCUT2D eigenvalue weighted by molar-refractivity contribution is 5.85. The van der Waals surface area contributed by atoms with Crippen molar-refractivity contribution < 1.29 is 9.53 Å². The Hall–Kier alpha value is -1.06. The number of benzene rings is 1. The van der Waals surface area contributed by atoms with Gasteiger partial charge in [-0.3, -0.25) is 4.79 Å². The molecule has 1 heterocycles. The van der Waals surface area contributed by atoms with E-state index in [1.165, 1.54) is 12.5 Å². The minimum absolute atomic E-state index is 0. The first-order valence-corrected chi connectivity index (χ1v) is 6.07. The zero-order valence-corrected chi connectivity index (χ0v) is 11.7. The largest absolute Gasteiger partial charge is 0.461 e. The number of halogens is 1. The van der Waals surface area contributed by atoms with E-state index in [0.29, 0.717) is 5.92 Å². The summed E-state index contributed by atoms with van der Waals surface area (Å²) in [6.45, 7) is 3.35. The number of carbonyl (C=O) groups is 1. The maximum absolute atomic E-state index is 11.2. The SMILES string of the molecule is CC(=O)O[C@H]1CN(C)CC[C@@H]1c1ccccc1.Cl. The molecule has 0 N–H and O–H groups in total. The van der Waals surface area contributed by atoms with Crippen LogP contribution in [0.5, 0.6) is 0 Å². The van der Waals surface area contributed by atoms with Crippen LogP contribution < -0.4 is 0 Å². The molecule has 0 aliphatic carbocycles. The van der Waals surface area contributed by atoms with Crippen LogP contribution in [0.4, 0.5) is 0 Å². The molecular formula is C14H20ClNO2. The van der Waals surface area contributed by atoms with Gasteiger partial charge in [-0.2, -0.15) is 0 Å². The van der Waals surface area contributed by atoms with Gasteiger partial charge in [0.25, 0.3) is 0 Å². The van der Waals surface area contributed by atoms with Crippen molar-refractivity contribution in [1.29, 1.82) is 0 Å². The number of carbonyl (C=O) groups excluding carboxylic acids is 1. The third-order valence-electron chi connectivity index (χ3n) is 3.31. The molecule has 0 radical (unpaired) electrons. The summed E-state index contributed by atoms with van der Waals surface area (Å²) in [6, 6.07) is 10.3. The first kappa shape index (κ1) is 15.0. The molecule has 3 nitrogen and oxygen atoms in total. The van der Waals surface area contributed by atoms with Crippen LogP contribution >= 0.6 is 12.4 Å². The van der Waals surface area contributed by atoms with Gasteiger partial charge in [-0.15, -0.1) is 12.4 Å². The Morgan fingerprint density at radius 2 is 2.00 bits per heavy atom. The molecule has 0 unspecified atom stereocenters. The third-order valence-corrected chi connectivity index (χ3v) is 3.31. The van der Waals surface area contributed by atoms with Crippen molar-refractivity contribution in [2.45, 2.75) is 25.4 Å². The van der Waals surface area contributed by atoms with Crippen LogP contribution in [-0.4, -0.2) is 37.1 Å². The zero-order valence-electron chi connectivity index (χ0n) is 10.8. The Morgan fingerprint density at radius 3 is 2.61 bits per heavy atom. The molecule has 0 amide bonds. The summed E-state index contributed by atoms with van der Waals surface area (Å²) in [4.78, 5) is 13.4. The quantitative estimate of drug-likeness (QED) is 0.773. The second-order valence-electron chi connectivity index (χ2n) is 4.72. The lowest BCUT2D eigenvalue weighted by Crippen LogP contribution is -2.42. The third kappa shape index (κ3) is 3.72. The number of hydrogen-bond donors (Lipinski definition) is 0. The lowest BCUT2D eigenvalue weighted by atomic mass is 9.87. The molecule has 1 aliphatic rings. The average Bonchev–Trinajstić information content (AvgIpc) is 2.29. The molecule has 0 bridgehead atoms. The number of rotatable bonds is 2. The van der Waals surface area contributed by atoms with Crippen molar-refractivity contribution in [2.75, 3.05) is 20.1 Å². The fourth-order valence-electron chi connectivity index (χ4n) is 2.49. The van der Waals surface area contributed by atoms with Crippen LogP contribution in [0.2, 0.25) is 0 Å². The molecule has 0 spiro atoms. The summed E-state index contributed by atoms with van der Waals surface area (Å²) in [5, 5.41) is 0. The first-order chi connectivity index (χ1) is 8.16. The highest BCUT2D eigenvalue weighted by Gasteiger charge is 2.30. The van der Waals surface area contributed by atoms with Crippen LogP contribution in [0.3, 0.4) is 0 Å². The van der Waals surface area contributed by atoms with E-state index in [1.807, 2.05) is 18.2 Å². The van der Waals surface area contributed by atoms with Gasteiger partial charge >= 0.3 is 5.97 Å². The molecule has 100 valence electrons. The Bertz CT molecular complexity index is 383. The molecule has 18 heavy (non-hydrogen) atoms. The number of piperidine rings is 1. The Labute approximate surface area is 115 Å². The number of ether oxygens (including phenoxy) is 1. The number of esters is 1. The van der Waals surface area contributed by atoms with E-state index in [-0.39, 0.29) is 24.5 Å². The van der Waals surface area contributed by atoms with Crippen molar-refractivity contribution >= 4 is 18.4 Å². The molecule has 1 aliphatic heterocycles. The summed E-state index contributed by atoms with van der Waals surface area (Å²) in [6.07, 6.45) is 1.02. The van der Waals surface area contributed by atoms with Gasteiger partial charge in [0.2, 0.25) is 0 Å². The highest BCUT2D eigenvalue weighted by atomic mass is 35.5. The number of nitrogens with zero attached hydrogens (tertiary/aromatic N) is 1. The summed E-state index contributed by atoms with van der Waals surface area (Å²) >= 11 is 0. The smallest absolute Gasteiger partial charge is 0.302 e. The zero-order chi connectivity index (χ0) is 12.3. The molecule has 1 fully saturated rings. The highest BCUT2D eigenvalue weighted by Crippen LogP contribution is 2.29. The fraction of sp³-hybridized carbons (Fsp3) is 0.500. The van der Waals surface area contributed by atoms with Crippen molar-refractivity contribution in [3.05, 3.63) is 35.9 Å². The summed E-state index contributed by atoms with van der Waals surface area (Å²) < 4.78 is 5.45. The molecule has 1 aromatic rings. The van der Waals surface area contributed by atoms with Gasteiger partial charge in [-0.25, -0.2) is 0 Å². The summed E-state index contributed by atoms with van der Waals surface area (Å²) in [5.74, 6) is 0.141. The Balaban J connectivity index is 0.00000162. The Kier molecular flexibility index (Phi) is 5.63. The monoisotopic (exact) mass is 269 g/mol. The van der Waals surface area contributed by atoms with Gasteiger partial charge < -0.3 is 9.64 Å². The van der Waals surface area contributed by atoms with Crippen molar-refractivity contribution in [3.8, 4) is 0 Å². The fourth-order valence-corrected chi connectivity index (χ4v) is 2.49. The minimum Gasteiger partial charge on any atom is -0.461 e. The first-order valence-electron chi connectivity index (χ1n) is 6.07. The van der Waals surface area contributed by atoms with E-state index >= 15 is 0 Å². The van der Waals surface area contributed by atoms with E-state index in [0.717, 1.165) is 19.5 Å². The molecule has 0 aromatic heterocycles. The maximum Gasteiger partial charge on any atom is 0.302 e. The van der Waals surface area contributed by atoms with Crippen LogP contribution in [0.1, 0.15) is 24.8 Å². The molecule has 2 rings (SSSR count). The predicted molar refractivity (Wildman–Crippen MR) is 74.1 cm³/mol. The van der Waals surface area contributed by atoms with E-state index < -0.39 is 0 Å². The minimum atomic E-state index is -0.189. The number of likely N-dealkylation sites (tertiary alicyclic amines) is 1. The van der Waals surface area contributed by atoms with Gasteiger partial charge in [0.05, 0.1) is 0 Å². The molecule has 2 atom stereocenters. The van der Waals surface area contributed by atoms with E-state index in [4.69, 9.17) is 4.74 Å². The van der Waals surface area contributed by atoms with Crippen LogP contribution in [0.15, 0.2) is 30.3 Å². The maximum atomic E-state index is 11.2. The van der Waals surface area contributed by atoms with Crippen LogP contribution in [-0.2, 0) is 9.53 Å². The summed E-state index contributed by atoms with van der Waals surface area (Å²) in [7, 11) is 2.07. The van der Waals surface area contributed by atoms with Crippen molar-refractivity contribution in [1.82, 2.24) is 4.90 Å². The predicted octanol–water partition coefficient (Wildman–Crippen LogP) is 2.46. The Morgan fingerprint density at radius 1 is 1.33 bits per heavy atom. The van der Waals surface area contributed by atoms with Crippen molar-refractivity contribution in [2.24, 2.45) is 0 Å². The van der Waals surface area contributed by atoms with Gasteiger partial charge in [0, 0.05) is 19.4 Å². The van der Waals surface area contributed by atoms with Gasteiger partial charge in [0.1, 0.15) is 6.10 Å². The van der Waals surface area contributed by atoms with E-state index in [9.17, 15) is 4.79 Å². The second-order valence-corrected chi connectivity index (χ2v) is 4.72. The van der Waals surface area contributed by atoms with E-state index in [2.05, 4.69) is 24.1 Å². The average molecular weight is 270 g/mol. The van der Waals surface area contributed by atoms with E-state index in [1.54, 1.807) is 0 Å². The molecule has 1 saturated heterocycles. The summed E-state index contributed by atoms with van der Waals surface area (Å²) in [5.41, 5.74) is 1.27. The topological polar surface area (TPSA) is 29.5 Å². The van der Waals surface area contributed by atoms with Crippen LogP contribution in [0.25, 0.3) is 0 Å². The number of hydrogen-bond acceptors (Lipinski definition) is 3. The number of likely N-dealkylation sites (N-methyl/N-ethyl adjacent to an activating group) is 1. The second kappa shape index (κ2) is 6.76. The van der Waals surface area contributed by atoms with Gasteiger partial charge in [0.15, 0.2) is 0 Å². The standard InChI is InChI=1S/C14H19NO2.ClH/c1-11(16)17-14-10-15(2)9-8-13(14)12-6-4-3-5-7-12;/h3-7,13-14H,8-10H2,1-2H3;1H/t13-,14+;/m1./s1. The van der Waals surface area contributed by atoms with Gasteiger partial charge in [-0.1, -0.05) is 30.3 Å². The normalized spacial score (nSPS) is 24.1. The van der Waals surface area contributed by atoms with Gasteiger partial charge in [-0.05, 0) is 25.6 Å². The molecular weight excluding hydrogens is 250 g/mol. The lowest BCUT2D eigenvalue weighted by Gasteiger charge is -2.36.